The molecule has 5 rings (SSSR count). The van der Waals surface area contributed by atoms with Crippen LogP contribution in [-0.2, 0) is 14.8 Å². The van der Waals surface area contributed by atoms with Crippen LogP contribution in [0.1, 0.15) is 31.1 Å². The Bertz CT molecular complexity index is 1840. The lowest BCUT2D eigenvalue weighted by Gasteiger charge is -2.34. The van der Waals surface area contributed by atoms with Crippen molar-refractivity contribution in [1.82, 2.24) is 16.0 Å². The van der Waals surface area contributed by atoms with Gasteiger partial charge in [0, 0.05) is 30.5 Å². The van der Waals surface area contributed by atoms with Gasteiger partial charge in [0.25, 0.3) is 21.8 Å². The van der Waals surface area contributed by atoms with Gasteiger partial charge in [-0.15, -0.1) is 0 Å². The second-order valence-corrected chi connectivity index (χ2v) is 12.6. The largest absolute Gasteiger partial charge is 0.493 e. The Kier molecular flexibility index (Phi) is 10.2. The Balaban J connectivity index is 1.67. The third-order valence-electron chi connectivity index (χ3n) is 6.84. The number of sulfonamides is 1. The van der Waals surface area contributed by atoms with Crippen LogP contribution in [0, 0.1) is 5.92 Å². The molecule has 2 heterocycles. The second-order valence-electron chi connectivity index (χ2n) is 10.9. The van der Waals surface area contributed by atoms with E-state index in [1.165, 1.54) is 49.7 Å². The fourth-order valence-corrected chi connectivity index (χ4v) is 5.64. The Labute approximate surface area is 278 Å². The van der Waals surface area contributed by atoms with Crippen molar-refractivity contribution in [2.45, 2.75) is 31.5 Å². The third-order valence-corrected chi connectivity index (χ3v) is 8.20. The zero-order valence-corrected chi connectivity index (χ0v) is 27.5. The summed E-state index contributed by atoms with van der Waals surface area (Å²) in [7, 11) is -2.89. The number of alkyl carbamates (subject to hydrolysis) is 1. The molecule has 0 spiro atoms. The number of carbonyl (C=O) groups excluding carboxylic acids is 2. The monoisotopic (exact) mass is 680 g/mol. The van der Waals surface area contributed by atoms with Gasteiger partial charge in [-0.1, -0.05) is 32.1 Å². The summed E-state index contributed by atoms with van der Waals surface area (Å²) in [6, 6.07) is 13.5. The van der Waals surface area contributed by atoms with Crippen LogP contribution in [0.5, 0.6) is 34.5 Å². The van der Waals surface area contributed by atoms with Crippen molar-refractivity contribution < 1.29 is 46.4 Å². The average Bonchev–Trinajstić information content (AvgIpc) is 3.54. The van der Waals surface area contributed by atoms with Crippen LogP contribution in [0.3, 0.4) is 0 Å². The average molecular weight is 681 g/mol. The van der Waals surface area contributed by atoms with Crippen molar-refractivity contribution in [3.05, 3.63) is 84.6 Å². The lowest BCUT2D eigenvalue weighted by molar-refractivity contribution is 0.0477. The molecule has 4 N–H and O–H groups in total. The maximum Gasteiger partial charge on any atom is 0.411 e. The van der Waals surface area contributed by atoms with E-state index in [0.29, 0.717) is 18.0 Å². The summed E-state index contributed by atoms with van der Waals surface area (Å²) in [5, 5.41) is 8.40. The van der Waals surface area contributed by atoms with Gasteiger partial charge in [0.2, 0.25) is 6.79 Å². The summed E-state index contributed by atoms with van der Waals surface area (Å²) in [5.41, 5.74) is -0.129. The number of methoxy groups -OCH3 is 1. The molecule has 254 valence electrons. The molecule has 0 bridgehead atoms. The van der Waals surface area contributed by atoms with E-state index in [0.717, 1.165) is 0 Å². The summed E-state index contributed by atoms with van der Waals surface area (Å²) in [6.07, 6.45) is 5.49. The van der Waals surface area contributed by atoms with E-state index < -0.39 is 27.9 Å². The van der Waals surface area contributed by atoms with Crippen molar-refractivity contribution in [1.29, 1.82) is 0 Å². The Morgan fingerprint density at radius 1 is 1.00 bits per heavy atom. The number of nitrogens with one attached hydrogen (secondary N) is 4. The molecular formula is C33H36N4O10S. The van der Waals surface area contributed by atoms with E-state index in [4.69, 9.17) is 28.4 Å². The molecule has 2 aliphatic heterocycles. The quantitative estimate of drug-likeness (QED) is 0.182. The number of para-hydroxylation sites is 2. The number of carbonyl (C=O) groups is 2. The minimum absolute atomic E-state index is 0.0306. The molecule has 0 saturated carbocycles. The minimum atomic E-state index is -4.34. The number of ether oxygens (including phenoxy) is 6. The number of anilines is 1. The molecule has 2 aliphatic rings. The van der Waals surface area contributed by atoms with Crippen LogP contribution >= 0.6 is 0 Å². The van der Waals surface area contributed by atoms with Gasteiger partial charge in [0.15, 0.2) is 34.5 Å². The van der Waals surface area contributed by atoms with Gasteiger partial charge in [0.05, 0.1) is 24.3 Å². The molecule has 0 aliphatic carbocycles. The number of hydrogen-bond donors (Lipinski definition) is 4. The molecule has 0 aromatic heterocycles. The van der Waals surface area contributed by atoms with Gasteiger partial charge in [-0.05, 0) is 55.3 Å². The van der Waals surface area contributed by atoms with Gasteiger partial charge in [0.1, 0.15) is 0 Å². The predicted molar refractivity (Wildman–Crippen MR) is 175 cm³/mol. The summed E-state index contributed by atoms with van der Waals surface area (Å²) in [4.78, 5) is 26.0. The van der Waals surface area contributed by atoms with Crippen LogP contribution in [0.15, 0.2) is 83.9 Å². The molecule has 0 fully saturated rings. The van der Waals surface area contributed by atoms with Gasteiger partial charge in [-0.3, -0.25) is 14.8 Å². The highest BCUT2D eigenvalue weighted by atomic mass is 32.2. The predicted octanol–water partition coefficient (Wildman–Crippen LogP) is 4.85. The Hall–Kier alpha value is -5.57. The van der Waals surface area contributed by atoms with Gasteiger partial charge in [-0.25, -0.2) is 13.2 Å². The molecule has 14 nitrogen and oxygen atoms in total. The summed E-state index contributed by atoms with van der Waals surface area (Å²) in [6.45, 7) is 5.90. The summed E-state index contributed by atoms with van der Waals surface area (Å²) < 4.78 is 64.3. The van der Waals surface area contributed by atoms with E-state index >= 15 is 0 Å². The number of dihydropyridines is 1. The highest BCUT2D eigenvalue weighted by Crippen LogP contribution is 2.45. The molecule has 0 saturated heterocycles. The Morgan fingerprint density at radius 3 is 2.48 bits per heavy atom. The molecule has 3 aromatic carbocycles. The lowest BCUT2D eigenvalue weighted by Crippen LogP contribution is -2.60. The minimum Gasteiger partial charge on any atom is -0.493 e. The molecular weight excluding hydrogens is 644 g/mol. The van der Waals surface area contributed by atoms with Crippen molar-refractivity contribution in [2.24, 2.45) is 5.92 Å². The van der Waals surface area contributed by atoms with E-state index in [-0.39, 0.29) is 58.5 Å². The van der Waals surface area contributed by atoms with E-state index in [1.54, 1.807) is 43.3 Å². The van der Waals surface area contributed by atoms with Crippen LogP contribution in [-0.4, -0.2) is 53.3 Å². The first-order valence-corrected chi connectivity index (χ1v) is 16.5. The van der Waals surface area contributed by atoms with Crippen molar-refractivity contribution in [3.8, 4) is 34.5 Å². The number of benzene rings is 3. The SMILES string of the molecule is CCOC(=O)NC1(Oc2cc(C(=O)NCC(C)C)cc(NS(=O)(=O)c3ccc4c(c3)OCO4)c2Oc2ccccc2OC)C=CC=CN1. The highest BCUT2D eigenvalue weighted by molar-refractivity contribution is 7.92. The molecule has 1 unspecified atom stereocenters. The first kappa shape index (κ1) is 33.8. The number of hydrogen-bond acceptors (Lipinski definition) is 11. The zero-order valence-electron chi connectivity index (χ0n) is 26.7. The van der Waals surface area contributed by atoms with Crippen molar-refractivity contribution >= 4 is 27.7 Å². The fraction of sp³-hybridized carbons (Fsp3) is 0.273. The van der Waals surface area contributed by atoms with E-state index in [2.05, 4.69) is 20.7 Å². The van der Waals surface area contributed by atoms with Gasteiger partial charge in [-0.2, -0.15) is 0 Å². The second kappa shape index (κ2) is 14.5. The molecule has 1 atom stereocenters. The topological polar surface area (TPSA) is 172 Å². The summed E-state index contributed by atoms with van der Waals surface area (Å²) in [5.74, 6) is -1.25. The molecule has 3 aromatic rings. The third kappa shape index (κ3) is 7.86. The molecule has 0 radical (unpaired) electrons. The molecule has 48 heavy (non-hydrogen) atoms. The van der Waals surface area contributed by atoms with Crippen LogP contribution in [0.2, 0.25) is 0 Å². The fourth-order valence-electron chi connectivity index (χ4n) is 4.58. The van der Waals surface area contributed by atoms with E-state index in [9.17, 15) is 18.0 Å². The van der Waals surface area contributed by atoms with Crippen LogP contribution in [0.4, 0.5) is 10.5 Å². The normalized spacial score (nSPS) is 16.1. The van der Waals surface area contributed by atoms with Crippen LogP contribution < -0.4 is 44.4 Å². The number of fused-ring (bicyclic) bond motifs is 1. The van der Waals surface area contributed by atoms with Crippen molar-refractivity contribution in [3.63, 3.8) is 0 Å². The number of allylic oxidation sites excluding steroid dienone is 2. The van der Waals surface area contributed by atoms with Gasteiger partial charge < -0.3 is 39.1 Å². The summed E-state index contributed by atoms with van der Waals surface area (Å²) >= 11 is 0. The maximum atomic E-state index is 13.9. The lowest BCUT2D eigenvalue weighted by atomic mass is 10.1. The van der Waals surface area contributed by atoms with E-state index in [1.807, 2.05) is 13.8 Å². The van der Waals surface area contributed by atoms with Crippen LogP contribution in [0.25, 0.3) is 0 Å². The Morgan fingerprint density at radius 2 is 1.77 bits per heavy atom. The first-order valence-electron chi connectivity index (χ1n) is 15.0. The van der Waals surface area contributed by atoms with Crippen molar-refractivity contribution in [2.75, 3.05) is 31.8 Å². The molecule has 15 heteroatoms. The smallest absolute Gasteiger partial charge is 0.411 e. The van der Waals surface area contributed by atoms with Gasteiger partial charge >= 0.3 is 6.09 Å². The number of amides is 2. The zero-order chi connectivity index (χ0) is 34.3. The number of rotatable bonds is 13. The molecule has 2 amide bonds. The first-order chi connectivity index (χ1) is 23.0. The standard InChI is InChI=1S/C33H36N4O10S/c1-5-43-32(39)36-33(14-8-9-15-35-33)47-29-17-22(31(38)34-19-21(2)3)16-24(30(29)46-27-11-7-6-10-25(27)42-4)37-48(40,41)23-12-13-26-28(18-23)45-20-44-26/h6-18,21,35,37H,5,19-20H2,1-4H3,(H,34,38)(H,36,39). The highest BCUT2D eigenvalue weighted by Gasteiger charge is 2.35. The maximum absolute atomic E-state index is 13.9.